The molecule has 6 nitrogen and oxygen atoms in total. The number of carbonyl (C=O) groups excluding carboxylic acids is 3. The topological polar surface area (TPSA) is 69.7 Å². The van der Waals surface area contributed by atoms with Gasteiger partial charge < -0.3 is 10.2 Å². The van der Waals surface area contributed by atoms with E-state index < -0.39 is 11.6 Å². The van der Waals surface area contributed by atoms with Crippen molar-refractivity contribution in [2.24, 2.45) is 5.92 Å². The van der Waals surface area contributed by atoms with Crippen LogP contribution in [0.15, 0.2) is 0 Å². The molecule has 4 amide bonds. The van der Waals surface area contributed by atoms with Crippen molar-refractivity contribution in [1.82, 2.24) is 15.1 Å². The summed E-state index contributed by atoms with van der Waals surface area (Å²) in [5, 5.41) is 2.91. The van der Waals surface area contributed by atoms with Crippen LogP contribution in [0.25, 0.3) is 0 Å². The molecule has 2 aliphatic carbocycles. The van der Waals surface area contributed by atoms with Gasteiger partial charge in [-0.2, -0.15) is 0 Å². The van der Waals surface area contributed by atoms with Gasteiger partial charge in [0.15, 0.2) is 0 Å². The van der Waals surface area contributed by atoms with Crippen molar-refractivity contribution in [2.45, 2.75) is 76.3 Å². The van der Waals surface area contributed by atoms with Crippen LogP contribution in [0, 0.1) is 5.92 Å². The molecule has 0 bridgehead atoms. The lowest BCUT2D eigenvalue weighted by Crippen LogP contribution is -2.54. The molecule has 0 aromatic heterocycles. The Labute approximate surface area is 143 Å². The molecule has 3 fully saturated rings. The predicted octanol–water partition coefficient (Wildman–Crippen LogP) is 2.28. The molecule has 2 saturated carbocycles. The minimum absolute atomic E-state index is 0.124. The second kappa shape index (κ2) is 6.73. The first-order valence-corrected chi connectivity index (χ1v) is 9.35. The van der Waals surface area contributed by atoms with Crippen LogP contribution in [-0.2, 0) is 9.59 Å². The van der Waals surface area contributed by atoms with E-state index in [4.69, 9.17) is 0 Å². The molecule has 1 saturated heterocycles. The number of hydrogen-bond acceptors (Lipinski definition) is 3. The zero-order valence-corrected chi connectivity index (χ0v) is 14.8. The quantitative estimate of drug-likeness (QED) is 0.805. The monoisotopic (exact) mass is 335 g/mol. The van der Waals surface area contributed by atoms with Crippen LogP contribution in [0.3, 0.4) is 0 Å². The van der Waals surface area contributed by atoms with Crippen LogP contribution in [0.5, 0.6) is 0 Å². The number of rotatable bonds is 3. The van der Waals surface area contributed by atoms with Gasteiger partial charge in [-0.15, -0.1) is 0 Å². The summed E-state index contributed by atoms with van der Waals surface area (Å²) in [6.07, 6.45) is 9.21. The van der Waals surface area contributed by atoms with E-state index in [1.54, 1.807) is 11.9 Å². The van der Waals surface area contributed by atoms with E-state index in [0.717, 1.165) is 49.8 Å². The minimum atomic E-state index is -0.779. The summed E-state index contributed by atoms with van der Waals surface area (Å²) in [4.78, 5) is 40.8. The lowest BCUT2D eigenvalue weighted by molar-refractivity contribution is -0.141. The van der Waals surface area contributed by atoms with Gasteiger partial charge in [0.2, 0.25) is 5.91 Å². The van der Waals surface area contributed by atoms with Crippen molar-refractivity contribution in [1.29, 1.82) is 0 Å². The molecule has 1 aliphatic heterocycles. The first-order chi connectivity index (χ1) is 11.5. The van der Waals surface area contributed by atoms with E-state index in [1.807, 2.05) is 6.92 Å². The number of nitrogens with zero attached hydrogens (tertiary/aromatic N) is 2. The summed E-state index contributed by atoms with van der Waals surface area (Å²) in [7, 11) is 1.80. The maximum atomic E-state index is 12.9. The molecule has 1 heterocycles. The second-order valence-corrected chi connectivity index (χ2v) is 7.74. The third-order valence-corrected chi connectivity index (χ3v) is 6.31. The van der Waals surface area contributed by atoms with Crippen LogP contribution in [0.1, 0.15) is 64.7 Å². The van der Waals surface area contributed by atoms with Crippen molar-refractivity contribution in [3.8, 4) is 0 Å². The van der Waals surface area contributed by atoms with Gasteiger partial charge in [-0.25, -0.2) is 4.79 Å². The molecule has 134 valence electrons. The summed E-state index contributed by atoms with van der Waals surface area (Å²) in [5.41, 5.74) is -0.779. The molecule has 0 aromatic carbocycles. The average molecular weight is 335 g/mol. The molecule has 24 heavy (non-hydrogen) atoms. The number of imide groups is 1. The minimum Gasteiger partial charge on any atom is -0.341 e. The normalized spacial score (nSPS) is 31.4. The van der Waals surface area contributed by atoms with Crippen LogP contribution < -0.4 is 5.32 Å². The van der Waals surface area contributed by atoms with Gasteiger partial charge in [-0.1, -0.05) is 39.0 Å². The van der Waals surface area contributed by atoms with Crippen molar-refractivity contribution in [3.05, 3.63) is 0 Å². The van der Waals surface area contributed by atoms with Gasteiger partial charge in [-0.05, 0) is 31.6 Å². The van der Waals surface area contributed by atoms with Crippen LogP contribution in [0.4, 0.5) is 4.79 Å². The molecule has 1 spiro atoms. The van der Waals surface area contributed by atoms with Crippen LogP contribution in [0.2, 0.25) is 0 Å². The number of urea groups is 1. The molecular weight excluding hydrogens is 306 g/mol. The Kier molecular flexibility index (Phi) is 4.83. The smallest absolute Gasteiger partial charge is 0.325 e. The van der Waals surface area contributed by atoms with E-state index in [2.05, 4.69) is 5.32 Å². The Balaban J connectivity index is 1.67. The van der Waals surface area contributed by atoms with Crippen molar-refractivity contribution in [2.75, 3.05) is 13.6 Å². The number of likely N-dealkylation sites (N-methyl/N-ethyl adjacent to an activating group) is 1. The number of carbonyl (C=O) groups is 3. The zero-order chi connectivity index (χ0) is 17.3. The molecule has 0 unspecified atom stereocenters. The van der Waals surface area contributed by atoms with Gasteiger partial charge >= 0.3 is 6.03 Å². The van der Waals surface area contributed by atoms with Gasteiger partial charge in [0.25, 0.3) is 5.91 Å². The Morgan fingerprint density at radius 2 is 1.83 bits per heavy atom. The highest BCUT2D eigenvalue weighted by molar-refractivity contribution is 6.09. The third kappa shape index (κ3) is 2.91. The molecular formula is C18H29N3O3. The largest absolute Gasteiger partial charge is 0.341 e. The maximum Gasteiger partial charge on any atom is 0.325 e. The summed E-state index contributed by atoms with van der Waals surface area (Å²) in [6, 6.07) is -0.159. The molecule has 1 N–H and O–H groups in total. The number of hydrogen-bond donors (Lipinski definition) is 1. The van der Waals surface area contributed by atoms with Crippen molar-refractivity contribution >= 4 is 17.8 Å². The average Bonchev–Trinajstić information content (AvgIpc) is 2.82. The molecule has 3 rings (SSSR count). The third-order valence-electron chi connectivity index (χ3n) is 6.31. The van der Waals surface area contributed by atoms with Crippen LogP contribution >= 0.6 is 0 Å². The summed E-state index contributed by atoms with van der Waals surface area (Å²) in [6.45, 7) is 1.89. The Bertz CT molecular complexity index is 530. The SMILES string of the molecule is C[C@@H]1CCCC[C@]12NC(=O)N(CC(=O)N(C)C1CCCCC1)C2=O. The Morgan fingerprint density at radius 3 is 2.50 bits per heavy atom. The van der Waals surface area contributed by atoms with E-state index >= 15 is 0 Å². The fourth-order valence-electron chi connectivity index (χ4n) is 4.56. The highest BCUT2D eigenvalue weighted by Gasteiger charge is 2.55. The number of amides is 4. The lowest BCUT2D eigenvalue weighted by Gasteiger charge is -2.37. The standard InChI is InChI=1S/C18H29N3O3/c1-13-8-6-7-11-18(13)16(23)21(17(24)19-18)12-15(22)20(2)14-9-4-3-5-10-14/h13-14H,3-12H2,1-2H3,(H,19,24)/t13-,18+/m1/s1. The van der Waals surface area contributed by atoms with Crippen molar-refractivity contribution < 1.29 is 14.4 Å². The van der Waals surface area contributed by atoms with E-state index in [-0.39, 0.29) is 30.3 Å². The molecule has 0 radical (unpaired) electrons. The zero-order valence-electron chi connectivity index (χ0n) is 14.8. The number of nitrogens with one attached hydrogen (secondary N) is 1. The summed E-state index contributed by atoms with van der Waals surface area (Å²) < 4.78 is 0. The van der Waals surface area contributed by atoms with Crippen LogP contribution in [-0.4, -0.2) is 52.8 Å². The molecule has 3 aliphatic rings. The van der Waals surface area contributed by atoms with Gasteiger partial charge in [0.1, 0.15) is 12.1 Å². The molecule has 6 heteroatoms. The Hall–Kier alpha value is -1.59. The van der Waals surface area contributed by atoms with E-state index in [9.17, 15) is 14.4 Å². The fourth-order valence-corrected chi connectivity index (χ4v) is 4.56. The first kappa shape index (κ1) is 17.2. The highest BCUT2D eigenvalue weighted by atomic mass is 16.2. The fraction of sp³-hybridized carbons (Fsp3) is 0.833. The van der Waals surface area contributed by atoms with E-state index in [1.165, 1.54) is 6.42 Å². The van der Waals surface area contributed by atoms with E-state index in [0.29, 0.717) is 6.42 Å². The Morgan fingerprint density at radius 1 is 1.17 bits per heavy atom. The van der Waals surface area contributed by atoms with Gasteiger partial charge in [0, 0.05) is 13.1 Å². The lowest BCUT2D eigenvalue weighted by atomic mass is 9.73. The highest BCUT2D eigenvalue weighted by Crippen LogP contribution is 2.38. The maximum absolute atomic E-state index is 12.9. The summed E-state index contributed by atoms with van der Waals surface area (Å²) >= 11 is 0. The summed E-state index contributed by atoms with van der Waals surface area (Å²) in [5.74, 6) is -0.213. The van der Waals surface area contributed by atoms with Gasteiger partial charge in [-0.3, -0.25) is 14.5 Å². The van der Waals surface area contributed by atoms with Crippen molar-refractivity contribution in [3.63, 3.8) is 0 Å². The predicted molar refractivity (Wildman–Crippen MR) is 90.3 cm³/mol. The molecule has 2 atom stereocenters. The molecule has 0 aromatic rings. The second-order valence-electron chi connectivity index (χ2n) is 7.74. The van der Waals surface area contributed by atoms with Gasteiger partial charge in [0.05, 0.1) is 0 Å². The first-order valence-electron chi connectivity index (χ1n) is 9.35.